The van der Waals surface area contributed by atoms with Crippen molar-refractivity contribution in [3.05, 3.63) is 90.5 Å². The van der Waals surface area contributed by atoms with Gasteiger partial charge in [-0.1, -0.05) is 48.5 Å². The summed E-state index contributed by atoms with van der Waals surface area (Å²) in [7, 11) is 0. The third-order valence-electron chi connectivity index (χ3n) is 5.66. The summed E-state index contributed by atoms with van der Waals surface area (Å²) >= 11 is 0. The second kappa shape index (κ2) is 10.0. The summed E-state index contributed by atoms with van der Waals surface area (Å²) in [6, 6.07) is 20.7. The first-order valence-corrected chi connectivity index (χ1v) is 10.6. The predicted molar refractivity (Wildman–Crippen MR) is 119 cm³/mol. The van der Waals surface area contributed by atoms with E-state index in [2.05, 4.69) is 51.3 Å². The molecule has 5 heteroatoms. The van der Waals surface area contributed by atoms with Crippen LogP contribution in [0.3, 0.4) is 0 Å². The Morgan fingerprint density at radius 2 is 1.70 bits per heavy atom. The molecule has 2 heterocycles. The van der Waals surface area contributed by atoms with Crippen molar-refractivity contribution in [2.75, 3.05) is 31.1 Å². The first-order valence-electron chi connectivity index (χ1n) is 10.6. The van der Waals surface area contributed by atoms with Gasteiger partial charge in [-0.05, 0) is 36.5 Å². The first-order chi connectivity index (χ1) is 14.8. The molecule has 0 saturated carbocycles. The topological polar surface area (TPSA) is 49.3 Å². The number of nitrogens with zero attached hydrogens (tertiary/aromatic N) is 4. The van der Waals surface area contributed by atoms with Gasteiger partial charge in [-0.15, -0.1) is 0 Å². The Hall–Kier alpha value is -3.21. The van der Waals surface area contributed by atoms with E-state index < -0.39 is 0 Å². The van der Waals surface area contributed by atoms with Crippen LogP contribution in [0.25, 0.3) is 0 Å². The van der Waals surface area contributed by atoms with Gasteiger partial charge in [0.15, 0.2) is 0 Å². The third-order valence-corrected chi connectivity index (χ3v) is 5.66. The highest BCUT2D eigenvalue weighted by Gasteiger charge is 2.26. The lowest BCUT2D eigenvalue weighted by Crippen LogP contribution is -2.36. The number of benzene rings is 2. The van der Waals surface area contributed by atoms with Gasteiger partial charge in [0.05, 0.1) is 5.69 Å². The highest BCUT2D eigenvalue weighted by atomic mass is 16.2. The summed E-state index contributed by atoms with van der Waals surface area (Å²) in [6.07, 6.45) is 7.43. The van der Waals surface area contributed by atoms with Crippen molar-refractivity contribution >= 4 is 11.6 Å². The molecule has 0 aliphatic carbocycles. The Morgan fingerprint density at radius 1 is 0.933 bits per heavy atom. The van der Waals surface area contributed by atoms with Crippen molar-refractivity contribution in [1.29, 1.82) is 0 Å². The van der Waals surface area contributed by atoms with E-state index in [9.17, 15) is 4.79 Å². The van der Waals surface area contributed by atoms with E-state index in [0.717, 1.165) is 44.7 Å². The number of carbonyl (C=O) groups is 1. The molecule has 0 unspecified atom stereocenters. The molecule has 1 aliphatic rings. The van der Waals surface area contributed by atoms with Crippen LogP contribution in [-0.2, 0) is 17.6 Å². The van der Waals surface area contributed by atoms with E-state index >= 15 is 0 Å². The Bertz CT molecular complexity index is 918. The molecule has 1 aromatic heterocycles. The maximum atomic E-state index is 13.0. The summed E-state index contributed by atoms with van der Waals surface area (Å²) in [6.45, 7) is 3.26. The van der Waals surface area contributed by atoms with Crippen molar-refractivity contribution < 1.29 is 4.79 Å². The van der Waals surface area contributed by atoms with Gasteiger partial charge in [0.1, 0.15) is 0 Å². The number of rotatable bonds is 6. The minimum absolute atomic E-state index is 0.234. The predicted octanol–water partition coefficient (Wildman–Crippen LogP) is 3.62. The van der Waals surface area contributed by atoms with Crippen LogP contribution in [0.1, 0.15) is 17.7 Å². The average molecular weight is 401 g/mol. The lowest BCUT2D eigenvalue weighted by atomic mass is 10.0. The number of anilines is 1. The minimum Gasteiger partial charge on any atom is -0.369 e. The molecule has 0 N–H and O–H groups in total. The van der Waals surface area contributed by atoms with Gasteiger partial charge in [0, 0.05) is 56.9 Å². The molecule has 5 nitrogen and oxygen atoms in total. The second-order valence-electron chi connectivity index (χ2n) is 7.87. The van der Waals surface area contributed by atoms with Gasteiger partial charge in [-0.2, -0.15) is 0 Å². The van der Waals surface area contributed by atoms with Crippen molar-refractivity contribution in [2.45, 2.75) is 19.3 Å². The molecule has 1 atom stereocenters. The lowest BCUT2D eigenvalue weighted by Gasteiger charge is -2.25. The molecule has 0 radical (unpaired) electrons. The monoisotopic (exact) mass is 400 g/mol. The number of amides is 1. The van der Waals surface area contributed by atoms with E-state index in [4.69, 9.17) is 0 Å². The molecule has 2 aromatic carbocycles. The van der Waals surface area contributed by atoms with E-state index in [0.29, 0.717) is 12.3 Å². The zero-order chi connectivity index (χ0) is 20.6. The maximum Gasteiger partial charge on any atom is 0.222 e. The van der Waals surface area contributed by atoms with Crippen molar-refractivity contribution in [3.8, 4) is 0 Å². The van der Waals surface area contributed by atoms with Crippen LogP contribution >= 0.6 is 0 Å². The first kappa shape index (κ1) is 20.1. The third kappa shape index (κ3) is 5.44. The highest BCUT2D eigenvalue weighted by molar-refractivity contribution is 5.76. The SMILES string of the molecule is O=C(CCc1ccccc1)N1CCN(c2ccccc2)C[C@@H](Cc2cnccn2)C1. The normalized spacial score (nSPS) is 16.9. The quantitative estimate of drug-likeness (QED) is 0.634. The standard InChI is InChI=1S/C25H28N4O/c30-25(12-11-21-7-3-1-4-8-21)29-16-15-28(24-9-5-2-6-10-24)19-22(20-29)17-23-18-26-13-14-27-23/h1-10,13-14,18,22H,11-12,15-17,19-20H2/t22-/m1/s1. The van der Waals surface area contributed by atoms with Crippen LogP contribution < -0.4 is 4.90 Å². The zero-order valence-electron chi connectivity index (χ0n) is 17.2. The Labute approximate surface area is 178 Å². The van der Waals surface area contributed by atoms with Crippen LogP contribution in [0.4, 0.5) is 5.69 Å². The maximum absolute atomic E-state index is 13.0. The van der Waals surface area contributed by atoms with E-state index in [1.807, 2.05) is 35.4 Å². The molecule has 0 bridgehead atoms. The highest BCUT2D eigenvalue weighted by Crippen LogP contribution is 2.21. The molecule has 30 heavy (non-hydrogen) atoms. The Kier molecular flexibility index (Phi) is 6.70. The minimum atomic E-state index is 0.234. The molecule has 1 aliphatic heterocycles. The fraction of sp³-hybridized carbons (Fsp3) is 0.320. The van der Waals surface area contributed by atoms with Gasteiger partial charge in [0.2, 0.25) is 5.91 Å². The molecular weight excluding hydrogens is 372 g/mol. The number of hydrogen-bond acceptors (Lipinski definition) is 4. The number of aryl methyl sites for hydroxylation is 1. The van der Waals surface area contributed by atoms with Crippen molar-refractivity contribution in [2.24, 2.45) is 5.92 Å². The number of hydrogen-bond donors (Lipinski definition) is 0. The largest absolute Gasteiger partial charge is 0.369 e. The summed E-state index contributed by atoms with van der Waals surface area (Å²) in [5.74, 6) is 0.544. The van der Waals surface area contributed by atoms with E-state index in [1.165, 1.54) is 11.3 Å². The molecule has 4 rings (SSSR count). The van der Waals surface area contributed by atoms with Gasteiger partial charge in [-0.25, -0.2) is 0 Å². The second-order valence-corrected chi connectivity index (χ2v) is 7.87. The smallest absolute Gasteiger partial charge is 0.222 e. The Balaban J connectivity index is 1.46. The molecule has 154 valence electrons. The van der Waals surface area contributed by atoms with Gasteiger partial charge < -0.3 is 9.80 Å². The molecule has 3 aromatic rings. The summed E-state index contributed by atoms with van der Waals surface area (Å²) in [5.41, 5.74) is 3.40. The molecule has 1 amide bonds. The summed E-state index contributed by atoms with van der Waals surface area (Å²) < 4.78 is 0. The van der Waals surface area contributed by atoms with Crippen molar-refractivity contribution in [1.82, 2.24) is 14.9 Å². The van der Waals surface area contributed by atoms with Crippen LogP contribution in [0.2, 0.25) is 0 Å². The molecular formula is C25H28N4O. The van der Waals surface area contributed by atoms with Crippen molar-refractivity contribution in [3.63, 3.8) is 0 Å². The van der Waals surface area contributed by atoms with Gasteiger partial charge in [-0.3, -0.25) is 14.8 Å². The van der Waals surface area contributed by atoms with Crippen LogP contribution in [0, 0.1) is 5.92 Å². The van der Waals surface area contributed by atoms with E-state index in [-0.39, 0.29) is 5.91 Å². The summed E-state index contributed by atoms with van der Waals surface area (Å²) in [5, 5.41) is 0. The number of para-hydroxylation sites is 1. The fourth-order valence-corrected chi connectivity index (χ4v) is 4.12. The molecule has 0 spiro atoms. The Morgan fingerprint density at radius 3 is 2.43 bits per heavy atom. The van der Waals surface area contributed by atoms with Gasteiger partial charge in [0.25, 0.3) is 0 Å². The fourth-order valence-electron chi connectivity index (χ4n) is 4.12. The number of aromatic nitrogens is 2. The van der Waals surface area contributed by atoms with Gasteiger partial charge >= 0.3 is 0 Å². The average Bonchev–Trinajstić information content (AvgIpc) is 3.02. The van der Waals surface area contributed by atoms with Crippen LogP contribution in [0.5, 0.6) is 0 Å². The molecule has 1 fully saturated rings. The van der Waals surface area contributed by atoms with Crippen LogP contribution in [0.15, 0.2) is 79.3 Å². The lowest BCUT2D eigenvalue weighted by molar-refractivity contribution is -0.131. The molecule has 1 saturated heterocycles. The van der Waals surface area contributed by atoms with Crippen LogP contribution in [-0.4, -0.2) is 47.0 Å². The summed E-state index contributed by atoms with van der Waals surface area (Å²) in [4.78, 5) is 26.2. The zero-order valence-corrected chi connectivity index (χ0v) is 17.2. The van der Waals surface area contributed by atoms with E-state index in [1.54, 1.807) is 12.4 Å². The number of carbonyl (C=O) groups excluding carboxylic acids is 1.